The number of anilines is 1. The van der Waals surface area contributed by atoms with Crippen LogP contribution >= 0.6 is 0 Å². The Morgan fingerprint density at radius 1 is 1.13 bits per heavy atom. The Balaban J connectivity index is 1.59. The summed E-state index contributed by atoms with van der Waals surface area (Å²) in [5.74, 6) is -0.137. The summed E-state index contributed by atoms with van der Waals surface area (Å²) < 4.78 is 32.2. The maximum absolute atomic E-state index is 12.6. The van der Waals surface area contributed by atoms with Crippen molar-refractivity contribution in [3.05, 3.63) is 58.1 Å². The second-order valence-electron chi connectivity index (χ2n) is 6.98. The summed E-state index contributed by atoms with van der Waals surface area (Å²) in [5.41, 5.74) is 0.600. The van der Waals surface area contributed by atoms with Crippen LogP contribution < -0.4 is 10.1 Å². The van der Waals surface area contributed by atoms with Crippen LogP contribution in [0.2, 0.25) is 0 Å². The average molecular weight is 433 g/mol. The molecule has 1 saturated heterocycles. The van der Waals surface area contributed by atoms with Crippen LogP contribution in [0.3, 0.4) is 0 Å². The second-order valence-corrected chi connectivity index (χ2v) is 8.92. The summed E-state index contributed by atoms with van der Waals surface area (Å²) in [7, 11) is -3.52. The average Bonchev–Trinajstić information content (AvgIpc) is 2.74. The SMILES string of the molecule is Cc1c(NC(=O)COc2ccc(S(=O)(=O)N3CCCCC3)cc2)cccc1[N+](=O)[O-]. The molecule has 1 aliphatic rings. The lowest BCUT2D eigenvalue weighted by Crippen LogP contribution is -2.35. The molecule has 3 rings (SSSR count). The molecule has 30 heavy (non-hydrogen) atoms. The van der Waals surface area contributed by atoms with Gasteiger partial charge >= 0.3 is 0 Å². The Morgan fingerprint density at radius 2 is 1.80 bits per heavy atom. The quantitative estimate of drug-likeness (QED) is 0.529. The first-order chi connectivity index (χ1) is 14.3. The van der Waals surface area contributed by atoms with E-state index in [1.807, 2.05) is 0 Å². The van der Waals surface area contributed by atoms with Gasteiger partial charge < -0.3 is 10.1 Å². The molecule has 0 saturated carbocycles. The predicted molar refractivity (Wildman–Crippen MR) is 111 cm³/mol. The lowest BCUT2D eigenvalue weighted by Gasteiger charge is -2.25. The maximum Gasteiger partial charge on any atom is 0.274 e. The zero-order chi connectivity index (χ0) is 21.7. The van der Waals surface area contributed by atoms with Gasteiger partial charge in [-0.1, -0.05) is 12.5 Å². The van der Waals surface area contributed by atoms with Crippen LogP contribution in [0.1, 0.15) is 24.8 Å². The van der Waals surface area contributed by atoms with Crippen LogP contribution in [-0.2, 0) is 14.8 Å². The van der Waals surface area contributed by atoms with Crippen LogP contribution in [0.25, 0.3) is 0 Å². The highest BCUT2D eigenvalue weighted by atomic mass is 32.2. The Labute approximate surface area is 174 Å². The number of carbonyl (C=O) groups is 1. The number of rotatable bonds is 7. The summed E-state index contributed by atoms with van der Waals surface area (Å²) >= 11 is 0. The molecular formula is C20H23N3O6S. The number of benzene rings is 2. The third kappa shape index (κ3) is 4.95. The molecule has 0 aliphatic carbocycles. The minimum Gasteiger partial charge on any atom is -0.484 e. The van der Waals surface area contributed by atoms with Gasteiger partial charge in [0, 0.05) is 19.2 Å². The monoisotopic (exact) mass is 433 g/mol. The Hall–Kier alpha value is -2.98. The zero-order valence-electron chi connectivity index (χ0n) is 16.5. The minimum atomic E-state index is -3.52. The van der Waals surface area contributed by atoms with Crippen molar-refractivity contribution in [2.24, 2.45) is 0 Å². The van der Waals surface area contributed by atoms with E-state index in [4.69, 9.17) is 4.74 Å². The fourth-order valence-electron chi connectivity index (χ4n) is 3.25. The number of carbonyl (C=O) groups excluding carboxylic acids is 1. The van der Waals surface area contributed by atoms with E-state index in [-0.39, 0.29) is 17.2 Å². The minimum absolute atomic E-state index is 0.0841. The Kier molecular flexibility index (Phi) is 6.68. The van der Waals surface area contributed by atoms with E-state index < -0.39 is 20.9 Å². The summed E-state index contributed by atoms with van der Waals surface area (Å²) in [6, 6.07) is 10.3. The van der Waals surface area contributed by atoms with E-state index in [0.29, 0.717) is 30.1 Å². The third-order valence-corrected chi connectivity index (χ3v) is 6.84. The molecule has 0 radical (unpaired) electrons. The molecule has 1 amide bonds. The number of hydrogen-bond acceptors (Lipinski definition) is 6. The van der Waals surface area contributed by atoms with Gasteiger partial charge in [0.2, 0.25) is 10.0 Å². The molecule has 9 nitrogen and oxygen atoms in total. The van der Waals surface area contributed by atoms with Crippen LogP contribution in [-0.4, -0.2) is 43.2 Å². The molecular weight excluding hydrogens is 410 g/mol. The number of amides is 1. The number of sulfonamides is 1. The molecule has 0 aromatic heterocycles. The number of piperidine rings is 1. The van der Waals surface area contributed by atoms with E-state index in [1.165, 1.54) is 40.7 Å². The Bertz CT molecular complexity index is 1030. The van der Waals surface area contributed by atoms with Gasteiger partial charge in [-0.15, -0.1) is 0 Å². The van der Waals surface area contributed by atoms with E-state index in [0.717, 1.165) is 19.3 Å². The van der Waals surface area contributed by atoms with Crippen molar-refractivity contribution in [2.75, 3.05) is 25.0 Å². The normalized spacial score (nSPS) is 14.8. The molecule has 2 aromatic rings. The van der Waals surface area contributed by atoms with E-state index >= 15 is 0 Å². The first-order valence-electron chi connectivity index (χ1n) is 9.56. The highest BCUT2D eigenvalue weighted by Gasteiger charge is 2.25. The van der Waals surface area contributed by atoms with Crippen molar-refractivity contribution < 1.29 is 22.9 Å². The van der Waals surface area contributed by atoms with E-state index in [9.17, 15) is 23.3 Å². The van der Waals surface area contributed by atoms with Gasteiger partial charge in [-0.05, 0) is 50.1 Å². The van der Waals surface area contributed by atoms with Crippen molar-refractivity contribution in [3.8, 4) is 5.75 Å². The van der Waals surface area contributed by atoms with E-state index in [1.54, 1.807) is 13.0 Å². The second kappa shape index (κ2) is 9.23. The van der Waals surface area contributed by atoms with Crippen LogP contribution in [0, 0.1) is 17.0 Å². The standard InChI is InChI=1S/C20H23N3O6S/c1-15-18(6-5-7-19(15)23(25)26)21-20(24)14-29-16-8-10-17(11-9-16)30(27,28)22-12-3-2-4-13-22/h5-11H,2-4,12-14H2,1H3,(H,21,24). The van der Waals surface area contributed by atoms with Crippen molar-refractivity contribution in [1.82, 2.24) is 4.31 Å². The van der Waals surface area contributed by atoms with Gasteiger partial charge in [0.15, 0.2) is 6.61 Å². The largest absolute Gasteiger partial charge is 0.484 e. The van der Waals surface area contributed by atoms with Crippen molar-refractivity contribution >= 4 is 27.3 Å². The Morgan fingerprint density at radius 3 is 2.43 bits per heavy atom. The van der Waals surface area contributed by atoms with Crippen molar-refractivity contribution in [1.29, 1.82) is 0 Å². The smallest absolute Gasteiger partial charge is 0.274 e. The fourth-order valence-corrected chi connectivity index (χ4v) is 4.77. The van der Waals surface area contributed by atoms with Crippen LogP contribution in [0.4, 0.5) is 11.4 Å². The lowest BCUT2D eigenvalue weighted by atomic mass is 10.1. The van der Waals surface area contributed by atoms with Gasteiger partial charge in [-0.25, -0.2) is 8.42 Å². The first kappa shape index (κ1) is 21.7. The number of nitro benzene ring substituents is 1. The summed E-state index contributed by atoms with van der Waals surface area (Å²) in [5, 5.41) is 13.6. The van der Waals surface area contributed by atoms with Gasteiger partial charge in [-0.2, -0.15) is 4.31 Å². The number of nitrogens with one attached hydrogen (secondary N) is 1. The van der Waals surface area contributed by atoms with Crippen molar-refractivity contribution in [3.63, 3.8) is 0 Å². The van der Waals surface area contributed by atoms with Gasteiger partial charge in [-0.3, -0.25) is 14.9 Å². The van der Waals surface area contributed by atoms with E-state index in [2.05, 4.69) is 5.32 Å². The lowest BCUT2D eigenvalue weighted by molar-refractivity contribution is -0.385. The number of ether oxygens (including phenoxy) is 1. The van der Waals surface area contributed by atoms with Gasteiger partial charge in [0.25, 0.3) is 11.6 Å². The molecule has 1 aliphatic heterocycles. The first-order valence-corrected chi connectivity index (χ1v) is 11.0. The molecule has 1 heterocycles. The molecule has 0 unspecified atom stereocenters. The number of nitro groups is 1. The van der Waals surface area contributed by atoms with Gasteiger partial charge in [0.05, 0.1) is 21.1 Å². The topological polar surface area (TPSA) is 119 Å². The molecule has 0 bridgehead atoms. The molecule has 0 atom stereocenters. The number of hydrogen-bond donors (Lipinski definition) is 1. The molecule has 10 heteroatoms. The van der Waals surface area contributed by atoms with Crippen LogP contribution in [0.15, 0.2) is 47.4 Å². The highest BCUT2D eigenvalue weighted by molar-refractivity contribution is 7.89. The van der Waals surface area contributed by atoms with Crippen LogP contribution in [0.5, 0.6) is 5.75 Å². The molecule has 2 aromatic carbocycles. The van der Waals surface area contributed by atoms with Crippen molar-refractivity contribution in [2.45, 2.75) is 31.1 Å². The fraction of sp³-hybridized carbons (Fsp3) is 0.350. The molecule has 0 spiro atoms. The third-order valence-electron chi connectivity index (χ3n) is 4.92. The molecule has 1 N–H and O–H groups in total. The van der Waals surface area contributed by atoms with Gasteiger partial charge in [0.1, 0.15) is 5.75 Å². The molecule has 1 fully saturated rings. The predicted octanol–water partition coefficient (Wildman–Crippen LogP) is 3.10. The summed E-state index contributed by atoms with van der Waals surface area (Å²) in [6.07, 6.45) is 2.76. The maximum atomic E-state index is 12.6. The highest BCUT2D eigenvalue weighted by Crippen LogP contribution is 2.25. The molecule has 160 valence electrons. The summed E-state index contributed by atoms with van der Waals surface area (Å²) in [4.78, 5) is 22.8. The zero-order valence-corrected chi connectivity index (χ0v) is 17.4. The summed E-state index contributed by atoms with van der Waals surface area (Å²) in [6.45, 7) is 2.28. The number of nitrogens with zero attached hydrogens (tertiary/aromatic N) is 2.